The van der Waals surface area contributed by atoms with E-state index < -0.39 is 0 Å². The predicted molar refractivity (Wildman–Crippen MR) is 60.9 cm³/mol. The molecule has 1 unspecified atom stereocenters. The lowest BCUT2D eigenvalue weighted by molar-refractivity contribution is 0.00422. The maximum atomic E-state index is 5.64. The molecular formula is C12H16N2O. The summed E-state index contributed by atoms with van der Waals surface area (Å²) < 4.78 is 0. The summed E-state index contributed by atoms with van der Waals surface area (Å²) in [6.45, 7) is 4.55. The van der Waals surface area contributed by atoms with Gasteiger partial charge in [-0.3, -0.25) is 0 Å². The number of rotatable bonds is 2. The molecule has 0 saturated carbocycles. The van der Waals surface area contributed by atoms with Crippen LogP contribution in [0.5, 0.6) is 0 Å². The molecule has 1 aromatic carbocycles. The molecule has 0 aliphatic carbocycles. The van der Waals surface area contributed by atoms with E-state index in [0.717, 1.165) is 17.7 Å². The summed E-state index contributed by atoms with van der Waals surface area (Å²) in [5.74, 6) is 0. The monoisotopic (exact) mass is 204 g/mol. The van der Waals surface area contributed by atoms with Crippen LogP contribution < -0.4 is 5.73 Å². The molecular weight excluding hydrogens is 188 g/mol. The highest BCUT2D eigenvalue weighted by atomic mass is 16.7. The molecule has 3 nitrogen and oxygen atoms in total. The van der Waals surface area contributed by atoms with Gasteiger partial charge in [0.2, 0.25) is 0 Å². The van der Waals surface area contributed by atoms with E-state index in [-0.39, 0.29) is 5.60 Å². The van der Waals surface area contributed by atoms with Crippen molar-refractivity contribution < 1.29 is 4.84 Å². The Bertz CT molecular complexity index is 400. The Morgan fingerprint density at radius 3 is 2.93 bits per heavy atom. The lowest BCUT2D eigenvalue weighted by atomic mass is 9.95. The molecule has 1 aromatic rings. The molecule has 0 amide bonds. The molecule has 0 spiro atoms. The first-order valence-electron chi connectivity index (χ1n) is 5.15. The third kappa shape index (κ3) is 2.02. The quantitative estimate of drug-likeness (QED) is 0.799. The van der Waals surface area contributed by atoms with Crippen LogP contribution in [-0.4, -0.2) is 17.9 Å². The van der Waals surface area contributed by atoms with Crippen molar-refractivity contribution in [3.05, 3.63) is 35.4 Å². The molecule has 0 radical (unpaired) electrons. The Labute approximate surface area is 89.9 Å². The minimum atomic E-state index is -0.320. The summed E-state index contributed by atoms with van der Waals surface area (Å²) in [5.41, 5.74) is 8.68. The van der Waals surface area contributed by atoms with E-state index in [1.807, 2.05) is 13.0 Å². The number of hydrogen-bond donors (Lipinski definition) is 1. The molecule has 1 aliphatic rings. The normalized spacial score (nSPS) is 24.9. The van der Waals surface area contributed by atoms with Gasteiger partial charge in [-0.25, -0.2) is 0 Å². The average molecular weight is 204 g/mol. The molecule has 1 atom stereocenters. The Morgan fingerprint density at radius 1 is 1.53 bits per heavy atom. The lowest BCUT2D eigenvalue weighted by Crippen LogP contribution is -2.34. The second-order valence-electron chi connectivity index (χ2n) is 4.33. The minimum Gasteiger partial charge on any atom is -0.387 e. The SMILES string of the molecule is Cc1cccc(C2=NOC(C)(CN)C2)c1. The van der Waals surface area contributed by atoms with E-state index in [4.69, 9.17) is 10.6 Å². The first-order valence-corrected chi connectivity index (χ1v) is 5.15. The van der Waals surface area contributed by atoms with E-state index in [0.29, 0.717) is 6.54 Å². The van der Waals surface area contributed by atoms with Crippen LogP contribution in [0.2, 0.25) is 0 Å². The predicted octanol–water partition coefficient (Wildman–Crippen LogP) is 1.84. The Morgan fingerprint density at radius 2 is 2.33 bits per heavy atom. The van der Waals surface area contributed by atoms with E-state index in [1.165, 1.54) is 5.56 Å². The van der Waals surface area contributed by atoms with Crippen LogP contribution in [0.4, 0.5) is 0 Å². The smallest absolute Gasteiger partial charge is 0.152 e. The van der Waals surface area contributed by atoms with Crippen molar-refractivity contribution in [1.82, 2.24) is 0 Å². The molecule has 15 heavy (non-hydrogen) atoms. The second kappa shape index (κ2) is 3.66. The van der Waals surface area contributed by atoms with Crippen molar-refractivity contribution in [1.29, 1.82) is 0 Å². The van der Waals surface area contributed by atoms with Gasteiger partial charge in [-0.15, -0.1) is 0 Å². The second-order valence-corrected chi connectivity index (χ2v) is 4.33. The van der Waals surface area contributed by atoms with Gasteiger partial charge in [0.1, 0.15) is 0 Å². The maximum absolute atomic E-state index is 5.64. The fraction of sp³-hybridized carbons (Fsp3) is 0.417. The van der Waals surface area contributed by atoms with Crippen LogP contribution in [-0.2, 0) is 4.84 Å². The highest BCUT2D eigenvalue weighted by Crippen LogP contribution is 2.25. The largest absolute Gasteiger partial charge is 0.387 e. The molecule has 3 heteroatoms. The molecule has 2 rings (SSSR count). The fourth-order valence-electron chi connectivity index (χ4n) is 1.67. The number of benzene rings is 1. The highest BCUT2D eigenvalue weighted by molar-refractivity contribution is 6.01. The van der Waals surface area contributed by atoms with Crippen LogP contribution in [0, 0.1) is 6.92 Å². The van der Waals surface area contributed by atoms with Gasteiger partial charge in [0, 0.05) is 13.0 Å². The third-order valence-electron chi connectivity index (χ3n) is 2.70. The highest BCUT2D eigenvalue weighted by Gasteiger charge is 2.33. The van der Waals surface area contributed by atoms with Gasteiger partial charge in [0.05, 0.1) is 5.71 Å². The maximum Gasteiger partial charge on any atom is 0.152 e. The van der Waals surface area contributed by atoms with E-state index in [2.05, 4.69) is 30.3 Å². The molecule has 80 valence electrons. The molecule has 0 bridgehead atoms. The first-order chi connectivity index (χ1) is 7.13. The first kappa shape index (κ1) is 10.2. The zero-order chi connectivity index (χ0) is 10.9. The van der Waals surface area contributed by atoms with Gasteiger partial charge in [0.15, 0.2) is 5.60 Å². The van der Waals surface area contributed by atoms with Crippen molar-refractivity contribution >= 4 is 5.71 Å². The average Bonchev–Trinajstić information content (AvgIpc) is 2.62. The van der Waals surface area contributed by atoms with Crippen molar-refractivity contribution in [3.63, 3.8) is 0 Å². The summed E-state index contributed by atoms with van der Waals surface area (Å²) in [6, 6.07) is 8.27. The van der Waals surface area contributed by atoms with E-state index >= 15 is 0 Å². The number of oxime groups is 1. The van der Waals surface area contributed by atoms with Crippen LogP contribution in [0.3, 0.4) is 0 Å². The summed E-state index contributed by atoms with van der Waals surface area (Å²) in [5, 5.41) is 4.11. The molecule has 1 aliphatic heterocycles. The van der Waals surface area contributed by atoms with Gasteiger partial charge in [-0.1, -0.05) is 35.0 Å². The number of aryl methyl sites for hydroxylation is 1. The van der Waals surface area contributed by atoms with Crippen LogP contribution in [0.25, 0.3) is 0 Å². The molecule has 2 N–H and O–H groups in total. The summed E-state index contributed by atoms with van der Waals surface area (Å²) in [6.07, 6.45) is 0.785. The Kier molecular flexibility index (Phi) is 2.49. The van der Waals surface area contributed by atoms with Crippen molar-refractivity contribution in [3.8, 4) is 0 Å². The van der Waals surface area contributed by atoms with Crippen LogP contribution >= 0.6 is 0 Å². The van der Waals surface area contributed by atoms with Gasteiger partial charge >= 0.3 is 0 Å². The van der Waals surface area contributed by atoms with Crippen molar-refractivity contribution in [2.45, 2.75) is 25.9 Å². The molecule has 0 fully saturated rings. The van der Waals surface area contributed by atoms with Crippen molar-refractivity contribution in [2.75, 3.05) is 6.54 Å². The Hall–Kier alpha value is -1.35. The zero-order valence-electron chi connectivity index (χ0n) is 9.16. The number of nitrogens with two attached hydrogens (primary N) is 1. The van der Waals surface area contributed by atoms with Crippen molar-refractivity contribution in [2.24, 2.45) is 10.9 Å². The van der Waals surface area contributed by atoms with Gasteiger partial charge < -0.3 is 10.6 Å². The van der Waals surface area contributed by atoms with Gasteiger partial charge in [-0.2, -0.15) is 0 Å². The summed E-state index contributed by atoms with van der Waals surface area (Å²) >= 11 is 0. The van der Waals surface area contributed by atoms with Crippen LogP contribution in [0.15, 0.2) is 29.4 Å². The Balaban J connectivity index is 2.21. The molecule has 1 heterocycles. The molecule has 0 saturated heterocycles. The summed E-state index contributed by atoms with van der Waals surface area (Å²) in [4.78, 5) is 5.36. The van der Waals surface area contributed by atoms with Gasteiger partial charge in [0.25, 0.3) is 0 Å². The minimum absolute atomic E-state index is 0.320. The summed E-state index contributed by atoms with van der Waals surface area (Å²) in [7, 11) is 0. The molecule has 0 aromatic heterocycles. The van der Waals surface area contributed by atoms with E-state index in [9.17, 15) is 0 Å². The lowest BCUT2D eigenvalue weighted by Gasteiger charge is -2.17. The van der Waals surface area contributed by atoms with Crippen LogP contribution in [0.1, 0.15) is 24.5 Å². The third-order valence-corrected chi connectivity index (χ3v) is 2.70. The topological polar surface area (TPSA) is 47.6 Å². The number of nitrogens with zero attached hydrogens (tertiary/aromatic N) is 1. The fourth-order valence-corrected chi connectivity index (χ4v) is 1.67. The standard InChI is InChI=1S/C12H16N2O/c1-9-4-3-5-10(6-9)11-7-12(2,8-13)15-14-11/h3-6H,7-8,13H2,1-2H3. The van der Waals surface area contributed by atoms with E-state index in [1.54, 1.807) is 0 Å². The van der Waals surface area contributed by atoms with Gasteiger partial charge in [-0.05, 0) is 19.4 Å². The zero-order valence-corrected chi connectivity index (χ0v) is 9.16. The number of hydrogen-bond acceptors (Lipinski definition) is 3.